The Balaban J connectivity index is -0.0000000267. The van der Waals surface area contributed by atoms with Crippen LogP contribution in [-0.4, -0.2) is 24.0 Å². The Morgan fingerprint density at radius 1 is 0.875 bits per heavy atom. The van der Waals surface area contributed by atoms with Crippen LogP contribution in [0.15, 0.2) is 0 Å². The Morgan fingerprint density at radius 3 is 1.12 bits per heavy atom. The van der Waals surface area contributed by atoms with Crippen molar-refractivity contribution in [2.24, 2.45) is 11.5 Å². The van der Waals surface area contributed by atoms with Crippen LogP contribution in [0.5, 0.6) is 0 Å². The monoisotopic (exact) mass is 171 g/mol. The van der Waals surface area contributed by atoms with Crippen LogP contribution in [0.2, 0.25) is 0 Å². The number of hydrogen-bond acceptors (Lipinski definition) is 4. The number of rotatable bonds is 2. The number of nitrogens with two attached hydrogens (primary N) is 2. The van der Waals surface area contributed by atoms with Gasteiger partial charge in [-0.15, -0.1) is 0 Å². The summed E-state index contributed by atoms with van der Waals surface area (Å²) in [5.74, 6) is 0. The summed E-state index contributed by atoms with van der Waals surface area (Å²) in [5, 5.41) is 0. The second-order valence-corrected chi connectivity index (χ2v) is 0.931. The van der Waals surface area contributed by atoms with Gasteiger partial charge in [-0.2, -0.15) is 0 Å². The molecule has 0 amide bonds. The molecule has 0 aliphatic rings. The third-order valence-corrected chi connectivity index (χ3v) is 0.408. The van der Waals surface area contributed by atoms with E-state index in [-0.39, 0.29) is 28.0 Å². The molecule has 0 atom stereocenters. The van der Waals surface area contributed by atoms with Gasteiger partial charge >= 0.3 is 17.1 Å². The van der Waals surface area contributed by atoms with Gasteiger partial charge in [0.05, 0.1) is 0 Å². The fourth-order valence-electron chi connectivity index (χ4n) is 0.118. The molecule has 8 heavy (non-hydrogen) atoms. The molecule has 0 aliphatic carbocycles. The van der Waals surface area contributed by atoms with E-state index in [1.165, 1.54) is 0 Å². The van der Waals surface area contributed by atoms with Crippen molar-refractivity contribution in [1.29, 1.82) is 0 Å². The molecule has 0 heterocycles. The third-order valence-electron chi connectivity index (χ3n) is 0.408. The van der Waals surface area contributed by atoms with Gasteiger partial charge in [0.1, 0.15) is 0 Å². The molecule has 0 aliphatic heterocycles. The van der Waals surface area contributed by atoms with E-state index in [0.29, 0.717) is 0 Å². The van der Waals surface area contributed by atoms with Crippen LogP contribution in [0.3, 0.4) is 0 Å². The van der Waals surface area contributed by atoms with Gasteiger partial charge in [-0.3, -0.25) is 0 Å². The van der Waals surface area contributed by atoms with Gasteiger partial charge in [-0.25, -0.2) is 0 Å². The molecule has 0 bridgehead atoms. The summed E-state index contributed by atoms with van der Waals surface area (Å²) in [4.78, 5) is 0. The molecule has 0 saturated heterocycles. The molecule has 57 valence electrons. The van der Waals surface area contributed by atoms with Crippen LogP contribution in [0.25, 0.3) is 0 Å². The Hall–Kier alpha value is 0.359. The average molecular weight is 172 g/mol. The average Bonchev–Trinajstić information content (AvgIpc) is 1.41. The maximum Gasteiger partial charge on any atom is 2.00 e. The van der Waals surface area contributed by atoms with Crippen LogP contribution in [0.1, 0.15) is 6.42 Å². The molecule has 0 rings (SSSR count). The molecule has 0 saturated carbocycles. The zero-order chi connectivity index (χ0) is 4.12. The van der Waals surface area contributed by atoms with Crippen molar-refractivity contribution in [2.45, 2.75) is 6.42 Å². The van der Waals surface area contributed by atoms with Crippen LogP contribution < -0.4 is 11.5 Å². The molecule has 1 radical (unpaired) electrons. The largest absolute Gasteiger partial charge is 2.00 e. The Bertz CT molecular complexity index is 22.8. The fraction of sp³-hybridized carbons (Fsp3) is 1.00. The standard InChI is InChI=1S/C3H10N2.Cu.2H2O/c4-2-1-3-5;;;/h1-5H2;;2*1H2/q;+2;;/p-2. The van der Waals surface area contributed by atoms with E-state index >= 15 is 0 Å². The van der Waals surface area contributed by atoms with Gasteiger partial charge in [0.2, 0.25) is 0 Å². The van der Waals surface area contributed by atoms with Crippen LogP contribution in [0, 0.1) is 0 Å². The zero-order valence-corrected chi connectivity index (χ0v) is 5.41. The molecule has 0 aromatic rings. The summed E-state index contributed by atoms with van der Waals surface area (Å²) in [7, 11) is 0. The van der Waals surface area contributed by atoms with E-state index in [9.17, 15) is 0 Å². The first-order chi connectivity index (χ1) is 2.41. The van der Waals surface area contributed by atoms with Gasteiger partial charge in [-0.1, -0.05) is 0 Å². The molecular formula is C3H12CuN2O2. The van der Waals surface area contributed by atoms with Crippen molar-refractivity contribution in [3.8, 4) is 0 Å². The van der Waals surface area contributed by atoms with Gasteiger partial charge in [-0.05, 0) is 19.5 Å². The first-order valence-electron chi connectivity index (χ1n) is 1.82. The Morgan fingerprint density at radius 2 is 1.12 bits per heavy atom. The van der Waals surface area contributed by atoms with Gasteiger partial charge in [0.15, 0.2) is 0 Å². The van der Waals surface area contributed by atoms with Crippen LogP contribution in [-0.2, 0) is 17.1 Å². The first kappa shape index (κ1) is 23.8. The molecule has 4 nitrogen and oxygen atoms in total. The normalized spacial score (nSPS) is 5.25. The maximum absolute atomic E-state index is 5.06. The maximum atomic E-state index is 5.06. The smallest absolute Gasteiger partial charge is 0.870 e. The van der Waals surface area contributed by atoms with Crippen molar-refractivity contribution in [2.75, 3.05) is 13.1 Å². The van der Waals surface area contributed by atoms with Crippen molar-refractivity contribution in [3.05, 3.63) is 0 Å². The van der Waals surface area contributed by atoms with E-state index in [2.05, 4.69) is 0 Å². The minimum Gasteiger partial charge on any atom is -0.870 e. The van der Waals surface area contributed by atoms with Crippen molar-refractivity contribution in [3.63, 3.8) is 0 Å². The summed E-state index contributed by atoms with van der Waals surface area (Å²) in [6.45, 7) is 1.44. The van der Waals surface area contributed by atoms with Crippen molar-refractivity contribution < 1.29 is 28.0 Å². The SMILES string of the molecule is NCCCN.[Cu+2].[OH-].[OH-]. The molecule has 5 heteroatoms. The quantitative estimate of drug-likeness (QED) is 0.516. The van der Waals surface area contributed by atoms with Crippen molar-refractivity contribution >= 4 is 0 Å². The molecule has 0 spiro atoms. The van der Waals surface area contributed by atoms with Crippen molar-refractivity contribution in [1.82, 2.24) is 0 Å². The molecule has 6 N–H and O–H groups in total. The van der Waals surface area contributed by atoms with E-state index in [1.54, 1.807) is 0 Å². The van der Waals surface area contributed by atoms with E-state index in [1.807, 2.05) is 0 Å². The Labute approximate surface area is 59.7 Å². The zero-order valence-electron chi connectivity index (χ0n) is 4.47. The summed E-state index contributed by atoms with van der Waals surface area (Å²) in [5.41, 5.74) is 10.1. The summed E-state index contributed by atoms with van der Waals surface area (Å²) in [6, 6.07) is 0. The summed E-state index contributed by atoms with van der Waals surface area (Å²) in [6.07, 6.45) is 0.944. The van der Waals surface area contributed by atoms with E-state index in [4.69, 9.17) is 11.5 Å². The minimum absolute atomic E-state index is 0. The van der Waals surface area contributed by atoms with Crippen LogP contribution >= 0.6 is 0 Å². The van der Waals surface area contributed by atoms with Crippen LogP contribution in [0.4, 0.5) is 0 Å². The van der Waals surface area contributed by atoms with Gasteiger partial charge < -0.3 is 22.4 Å². The Kier molecular flexibility index (Phi) is 78.5. The molecule has 0 unspecified atom stereocenters. The molecular weight excluding hydrogens is 160 g/mol. The van der Waals surface area contributed by atoms with E-state index in [0.717, 1.165) is 19.5 Å². The minimum atomic E-state index is 0. The van der Waals surface area contributed by atoms with Gasteiger partial charge in [0.25, 0.3) is 0 Å². The summed E-state index contributed by atoms with van der Waals surface area (Å²) < 4.78 is 0. The molecule has 0 aromatic carbocycles. The molecule has 0 aromatic heterocycles. The fourth-order valence-corrected chi connectivity index (χ4v) is 0.118. The summed E-state index contributed by atoms with van der Waals surface area (Å²) >= 11 is 0. The third kappa shape index (κ3) is 32.8. The van der Waals surface area contributed by atoms with Gasteiger partial charge in [0, 0.05) is 0 Å². The topological polar surface area (TPSA) is 112 Å². The number of hydrogen-bond donors (Lipinski definition) is 2. The second kappa shape index (κ2) is 26.4. The predicted molar refractivity (Wildman–Crippen MR) is 26.6 cm³/mol. The predicted octanol–water partition coefficient (Wildman–Crippen LogP) is -1.06. The second-order valence-electron chi connectivity index (χ2n) is 0.931. The molecule has 0 fully saturated rings. The first-order valence-corrected chi connectivity index (χ1v) is 1.82. The van der Waals surface area contributed by atoms with E-state index < -0.39 is 0 Å².